The zero-order chi connectivity index (χ0) is 10.8. The van der Waals surface area contributed by atoms with Gasteiger partial charge in [-0.25, -0.2) is 0 Å². The fourth-order valence-corrected chi connectivity index (χ4v) is 1.54. The highest BCUT2D eigenvalue weighted by molar-refractivity contribution is 7.17. The van der Waals surface area contributed by atoms with Crippen molar-refractivity contribution in [2.45, 2.75) is 39.0 Å². The maximum Gasteiger partial charge on any atom is 0.123 e. The fraction of sp³-hybridized carbons (Fsp3) is 0.500. The summed E-state index contributed by atoms with van der Waals surface area (Å²) in [7, 11) is 2.65. The molecule has 1 aromatic carbocycles. The standard InChI is InChI=1S/C12H19OP/c1-9(14)13-11-8-6-5-7-10(11)12(2,3)4/h5-9H,14H2,1-4H3. The average molecular weight is 210 g/mol. The molecule has 2 atom stereocenters. The Balaban J connectivity index is 3.04. The van der Waals surface area contributed by atoms with E-state index in [0.717, 1.165) is 5.75 Å². The normalized spacial score (nSPS) is 13.8. The van der Waals surface area contributed by atoms with Gasteiger partial charge in [-0.3, -0.25) is 0 Å². The molecule has 1 aromatic rings. The van der Waals surface area contributed by atoms with Gasteiger partial charge in [0.25, 0.3) is 0 Å². The Bertz CT molecular complexity index is 299. The number of benzene rings is 1. The van der Waals surface area contributed by atoms with Crippen LogP contribution in [-0.2, 0) is 5.41 Å². The minimum absolute atomic E-state index is 0.135. The third-order valence-electron chi connectivity index (χ3n) is 2.01. The summed E-state index contributed by atoms with van der Waals surface area (Å²) < 4.78 is 5.73. The number of rotatable bonds is 2. The Labute approximate surface area is 89.1 Å². The van der Waals surface area contributed by atoms with Crippen LogP contribution in [-0.4, -0.2) is 5.85 Å². The maximum absolute atomic E-state index is 5.73. The summed E-state index contributed by atoms with van der Waals surface area (Å²) in [5.74, 6) is 1.14. The molecule has 0 radical (unpaired) electrons. The summed E-state index contributed by atoms with van der Waals surface area (Å²) in [6.07, 6.45) is 0. The van der Waals surface area contributed by atoms with Crippen LogP contribution in [0.1, 0.15) is 33.3 Å². The molecule has 2 heteroatoms. The lowest BCUT2D eigenvalue weighted by Gasteiger charge is -2.23. The number of hydrogen-bond acceptors (Lipinski definition) is 1. The van der Waals surface area contributed by atoms with Crippen molar-refractivity contribution in [3.8, 4) is 5.75 Å². The number of hydrogen-bond donors (Lipinski definition) is 0. The zero-order valence-corrected chi connectivity index (χ0v) is 10.5. The van der Waals surface area contributed by atoms with Gasteiger partial charge in [0.05, 0.1) is 0 Å². The smallest absolute Gasteiger partial charge is 0.123 e. The largest absolute Gasteiger partial charge is 0.487 e. The van der Waals surface area contributed by atoms with Gasteiger partial charge in [0.2, 0.25) is 0 Å². The highest BCUT2D eigenvalue weighted by Gasteiger charge is 2.18. The molecule has 1 nitrogen and oxygen atoms in total. The van der Waals surface area contributed by atoms with E-state index in [1.54, 1.807) is 0 Å². The highest BCUT2D eigenvalue weighted by atomic mass is 31.0. The van der Waals surface area contributed by atoms with Crippen LogP contribution in [0.25, 0.3) is 0 Å². The molecule has 0 aliphatic rings. The van der Waals surface area contributed by atoms with Crippen LogP contribution in [0.15, 0.2) is 24.3 Å². The van der Waals surface area contributed by atoms with Crippen LogP contribution in [0.5, 0.6) is 5.75 Å². The second-order valence-electron chi connectivity index (χ2n) is 4.57. The summed E-state index contributed by atoms with van der Waals surface area (Å²) in [4.78, 5) is 0. The van der Waals surface area contributed by atoms with Crippen LogP contribution in [0.2, 0.25) is 0 Å². The Morgan fingerprint density at radius 1 is 1.21 bits per heavy atom. The monoisotopic (exact) mass is 210 g/mol. The first-order valence-corrected chi connectivity index (χ1v) is 5.59. The molecule has 78 valence electrons. The molecule has 0 spiro atoms. The molecule has 0 saturated heterocycles. The van der Waals surface area contributed by atoms with E-state index in [4.69, 9.17) is 4.74 Å². The lowest BCUT2D eigenvalue weighted by atomic mass is 9.86. The van der Waals surface area contributed by atoms with E-state index in [2.05, 4.69) is 42.1 Å². The topological polar surface area (TPSA) is 9.23 Å². The van der Waals surface area contributed by atoms with Crippen LogP contribution >= 0.6 is 9.24 Å². The van der Waals surface area contributed by atoms with E-state index in [9.17, 15) is 0 Å². The molecule has 0 saturated carbocycles. The maximum atomic E-state index is 5.73. The SMILES string of the molecule is CC(P)Oc1ccccc1C(C)(C)C. The van der Waals surface area contributed by atoms with Crippen molar-refractivity contribution in [2.24, 2.45) is 0 Å². The minimum atomic E-state index is 0.135. The van der Waals surface area contributed by atoms with E-state index < -0.39 is 0 Å². The lowest BCUT2D eigenvalue weighted by Crippen LogP contribution is -2.14. The lowest BCUT2D eigenvalue weighted by molar-refractivity contribution is 0.298. The van der Waals surface area contributed by atoms with Crippen molar-refractivity contribution in [3.63, 3.8) is 0 Å². The molecule has 0 N–H and O–H groups in total. The second-order valence-corrected chi connectivity index (χ2v) is 5.51. The third kappa shape index (κ3) is 2.99. The molecule has 14 heavy (non-hydrogen) atoms. The zero-order valence-electron chi connectivity index (χ0n) is 9.37. The number of ether oxygens (including phenoxy) is 1. The van der Waals surface area contributed by atoms with E-state index in [-0.39, 0.29) is 11.3 Å². The van der Waals surface area contributed by atoms with Gasteiger partial charge in [-0.05, 0) is 24.0 Å². The van der Waals surface area contributed by atoms with E-state index in [1.807, 2.05) is 19.1 Å². The van der Waals surface area contributed by atoms with Gasteiger partial charge in [0.15, 0.2) is 0 Å². The molecule has 0 aliphatic carbocycles. The minimum Gasteiger partial charge on any atom is -0.487 e. The molecule has 0 fully saturated rings. The Morgan fingerprint density at radius 2 is 1.79 bits per heavy atom. The average Bonchev–Trinajstić information content (AvgIpc) is 2.01. The Hall–Kier alpha value is -0.550. The van der Waals surface area contributed by atoms with E-state index in [1.165, 1.54) is 5.56 Å². The van der Waals surface area contributed by atoms with Crippen LogP contribution in [0.4, 0.5) is 0 Å². The molecule has 0 aliphatic heterocycles. The molecular weight excluding hydrogens is 191 g/mol. The summed E-state index contributed by atoms with van der Waals surface area (Å²) in [5, 5.41) is 0. The van der Waals surface area contributed by atoms with Gasteiger partial charge >= 0.3 is 0 Å². The molecule has 0 amide bonds. The summed E-state index contributed by atoms with van der Waals surface area (Å²) in [6.45, 7) is 8.61. The summed E-state index contributed by atoms with van der Waals surface area (Å²) >= 11 is 0. The van der Waals surface area contributed by atoms with Gasteiger partial charge in [-0.15, -0.1) is 0 Å². The Morgan fingerprint density at radius 3 is 2.29 bits per heavy atom. The third-order valence-corrected chi connectivity index (χ3v) is 2.14. The van der Waals surface area contributed by atoms with Crippen molar-refractivity contribution in [3.05, 3.63) is 29.8 Å². The molecular formula is C12H19OP. The molecule has 0 bridgehead atoms. The van der Waals surface area contributed by atoms with Crippen LogP contribution in [0.3, 0.4) is 0 Å². The molecule has 1 rings (SSSR count). The molecule has 0 aromatic heterocycles. The first-order valence-electron chi connectivity index (χ1n) is 4.93. The van der Waals surface area contributed by atoms with Gasteiger partial charge in [-0.2, -0.15) is 0 Å². The highest BCUT2D eigenvalue weighted by Crippen LogP contribution is 2.31. The van der Waals surface area contributed by atoms with Gasteiger partial charge in [0, 0.05) is 0 Å². The van der Waals surface area contributed by atoms with Gasteiger partial charge < -0.3 is 4.74 Å². The molecule has 0 heterocycles. The summed E-state index contributed by atoms with van der Waals surface area (Å²) in [6, 6.07) is 8.22. The van der Waals surface area contributed by atoms with Crippen molar-refractivity contribution in [2.75, 3.05) is 0 Å². The van der Waals surface area contributed by atoms with E-state index in [0.29, 0.717) is 0 Å². The fourth-order valence-electron chi connectivity index (χ4n) is 1.39. The summed E-state index contributed by atoms with van der Waals surface area (Å²) in [5.41, 5.74) is 1.39. The Kier molecular flexibility index (Phi) is 3.55. The predicted octanol–water partition coefficient (Wildman–Crippen LogP) is 3.58. The van der Waals surface area contributed by atoms with Crippen molar-refractivity contribution in [1.29, 1.82) is 0 Å². The second kappa shape index (κ2) is 4.31. The quantitative estimate of drug-likeness (QED) is 0.678. The predicted molar refractivity (Wildman–Crippen MR) is 64.9 cm³/mol. The van der Waals surface area contributed by atoms with Crippen LogP contribution in [0, 0.1) is 0 Å². The van der Waals surface area contributed by atoms with Crippen molar-refractivity contribution < 1.29 is 4.74 Å². The van der Waals surface area contributed by atoms with Gasteiger partial charge in [0.1, 0.15) is 11.6 Å². The van der Waals surface area contributed by atoms with Gasteiger partial charge in [-0.1, -0.05) is 48.2 Å². The van der Waals surface area contributed by atoms with Crippen molar-refractivity contribution >= 4 is 9.24 Å². The van der Waals surface area contributed by atoms with Crippen molar-refractivity contribution in [1.82, 2.24) is 0 Å². The van der Waals surface area contributed by atoms with E-state index >= 15 is 0 Å². The first kappa shape index (κ1) is 11.5. The molecule has 2 unspecified atom stereocenters. The first-order chi connectivity index (χ1) is 6.41. The number of para-hydroxylation sites is 1. The van der Waals surface area contributed by atoms with Crippen LogP contribution < -0.4 is 4.74 Å².